The number of rotatable bonds is 6. The summed E-state index contributed by atoms with van der Waals surface area (Å²) in [5.41, 5.74) is 0.155. The van der Waals surface area contributed by atoms with Crippen molar-refractivity contribution in [2.45, 2.75) is 0 Å². The van der Waals surface area contributed by atoms with Crippen LogP contribution in [0.1, 0.15) is 0 Å². The van der Waals surface area contributed by atoms with Crippen molar-refractivity contribution < 1.29 is 19.2 Å². The largest absolute Gasteiger partial charge is 0.496 e. The molecule has 23 heavy (non-hydrogen) atoms. The Morgan fingerprint density at radius 2 is 2.04 bits per heavy atom. The molecular formula is C15H13ClN2O5. The summed E-state index contributed by atoms with van der Waals surface area (Å²) >= 11 is 5.93. The maximum absolute atomic E-state index is 11.9. The third kappa shape index (κ3) is 4.33. The zero-order valence-electron chi connectivity index (χ0n) is 12.1. The van der Waals surface area contributed by atoms with Gasteiger partial charge in [-0.25, -0.2) is 0 Å². The van der Waals surface area contributed by atoms with Crippen LogP contribution in [0.25, 0.3) is 0 Å². The number of nitrogens with zero attached hydrogens (tertiary/aromatic N) is 1. The van der Waals surface area contributed by atoms with Crippen LogP contribution in [0.5, 0.6) is 11.5 Å². The van der Waals surface area contributed by atoms with Gasteiger partial charge in [0.25, 0.3) is 5.91 Å². The number of halogens is 1. The molecule has 0 radical (unpaired) electrons. The first-order valence-corrected chi connectivity index (χ1v) is 6.88. The number of carbonyl (C=O) groups is 1. The zero-order chi connectivity index (χ0) is 16.8. The van der Waals surface area contributed by atoms with Gasteiger partial charge in [-0.05, 0) is 24.3 Å². The monoisotopic (exact) mass is 336 g/mol. The summed E-state index contributed by atoms with van der Waals surface area (Å²) in [6.07, 6.45) is 0. The number of carbonyl (C=O) groups excluding carboxylic acids is 1. The average Bonchev–Trinajstić information content (AvgIpc) is 2.54. The lowest BCUT2D eigenvalue weighted by Gasteiger charge is -2.09. The average molecular weight is 337 g/mol. The molecule has 1 amide bonds. The SMILES string of the molecule is COc1ccc(OCC(=O)Nc2ccccc2Cl)c([N+](=O)[O-])c1. The number of para-hydroxylation sites is 1. The number of methoxy groups -OCH3 is 1. The highest BCUT2D eigenvalue weighted by atomic mass is 35.5. The predicted octanol–water partition coefficient (Wildman–Crippen LogP) is 3.27. The van der Waals surface area contributed by atoms with Gasteiger partial charge in [0.15, 0.2) is 12.4 Å². The molecule has 0 heterocycles. The van der Waals surface area contributed by atoms with Crippen LogP contribution in [-0.4, -0.2) is 24.5 Å². The van der Waals surface area contributed by atoms with E-state index in [1.54, 1.807) is 24.3 Å². The molecule has 2 aromatic carbocycles. The number of benzene rings is 2. The molecule has 0 saturated heterocycles. The second-order valence-electron chi connectivity index (χ2n) is 4.41. The summed E-state index contributed by atoms with van der Waals surface area (Å²) in [7, 11) is 1.40. The minimum atomic E-state index is -0.607. The Kier molecular flexibility index (Phi) is 5.37. The fourth-order valence-corrected chi connectivity index (χ4v) is 1.96. The lowest BCUT2D eigenvalue weighted by atomic mass is 10.3. The highest BCUT2D eigenvalue weighted by molar-refractivity contribution is 6.33. The number of hydrogen-bond donors (Lipinski definition) is 1. The highest BCUT2D eigenvalue weighted by Gasteiger charge is 2.17. The van der Waals surface area contributed by atoms with Crippen molar-refractivity contribution in [1.29, 1.82) is 0 Å². The molecule has 0 atom stereocenters. The summed E-state index contributed by atoms with van der Waals surface area (Å²) in [6.45, 7) is -0.390. The molecule has 0 unspecified atom stereocenters. The van der Waals surface area contributed by atoms with Crippen LogP contribution in [0.4, 0.5) is 11.4 Å². The van der Waals surface area contributed by atoms with Crippen LogP contribution >= 0.6 is 11.6 Å². The van der Waals surface area contributed by atoms with Crippen molar-refractivity contribution in [1.82, 2.24) is 0 Å². The lowest BCUT2D eigenvalue weighted by molar-refractivity contribution is -0.385. The molecule has 0 aliphatic rings. The van der Waals surface area contributed by atoms with Crippen molar-refractivity contribution >= 4 is 28.9 Å². The van der Waals surface area contributed by atoms with E-state index in [-0.39, 0.29) is 11.4 Å². The second kappa shape index (κ2) is 7.46. The number of nitrogens with one attached hydrogen (secondary N) is 1. The standard InChI is InChI=1S/C15H13ClN2O5/c1-22-10-6-7-14(13(8-10)18(20)21)23-9-15(19)17-12-5-3-2-4-11(12)16/h2-8H,9H2,1H3,(H,17,19). The van der Waals surface area contributed by atoms with E-state index in [2.05, 4.69) is 5.32 Å². The first-order valence-electron chi connectivity index (χ1n) is 6.51. The number of ether oxygens (including phenoxy) is 2. The van der Waals surface area contributed by atoms with E-state index in [9.17, 15) is 14.9 Å². The van der Waals surface area contributed by atoms with E-state index in [1.807, 2.05) is 0 Å². The first-order chi connectivity index (χ1) is 11.0. The molecule has 8 heteroatoms. The summed E-state index contributed by atoms with van der Waals surface area (Å²) < 4.78 is 10.1. The van der Waals surface area contributed by atoms with Gasteiger partial charge in [-0.15, -0.1) is 0 Å². The molecular weight excluding hydrogens is 324 g/mol. The molecule has 2 rings (SSSR count). The third-order valence-electron chi connectivity index (χ3n) is 2.87. The predicted molar refractivity (Wildman–Crippen MR) is 85.2 cm³/mol. The number of hydrogen-bond acceptors (Lipinski definition) is 5. The maximum Gasteiger partial charge on any atom is 0.314 e. The van der Waals surface area contributed by atoms with E-state index in [4.69, 9.17) is 21.1 Å². The quantitative estimate of drug-likeness (QED) is 0.645. The van der Waals surface area contributed by atoms with E-state index >= 15 is 0 Å². The Labute approximate surface area is 136 Å². The molecule has 0 saturated carbocycles. The Morgan fingerprint density at radius 3 is 2.70 bits per heavy atom. The molecule has 7 nitrogen and oxygen atoms in total. The molecule has 0 aliphatic carbocycles. The summed E-state index contributed by atoms with van der Waals surface area (Å²) in [4.78, 5) is 22.3. The molecule has 120 valence electrons. The van der Waals surface area contributed by atoms with Crippen LogP contribution in [0.3, 0.4) is 0 Å². The Morgan fingerprint density at radius 1 is 1.30 bits per heavy atom. The van der Waals surface area contributed by atoms with Crippen LogP contribution in [0.15, 0.2) is 42.5 Å². The number of amides is 1. The molecule has 2 aromatic rings. The van der Waals surface area contributed by atoms with Crippen molar-refractivity contribution in [3.8, 4) is 11.5 Å². The van der Waals surface area contributed by atoms with Gasteiger partial charge >= 0.3 is 5.69 Å². The third-order valence-corrected chi connectivity index (χ3v) is 3.20. The number of nitro groups is 1. The van der Waals surface area contributed by atoms with E-state index in [1.165, 1.54) is 25.3 Å². The molecule has 0 bridgehead atoms. The minimum Gasteiger partial charge on any atom is -0.496 e. The van der Waals surface area contributed by atoms with Gasteiger partial charge in [0.2, 0.25) is 0 Å². The topological polar surface area (TPSA) is 90.7 Å². The zero-order valence-corrected chi connectivity index (χ0v) is 12.9. The van der Waals surface area contributed by atoms with Gasteiger partial charge in [0.05, 0.1) is 28.8 Å². The fraction of sp³-hybridized carbons (Fsp3) is 0.133. The minimum absolute atomic E-state index is 0.0230. The van der Waals surface area contributed by atoms with Gasteiger partial charge in [0.1, 0.15) is 5.75 Å². The Bertz CT molecular complexity index is 736. The van der Waals surface area contributed by atoms with Gasteiger partial charge < -0.3 is 14.8 Å². The van der Waals surface area contributed by atoms with Crippen LogP contribution < -0.4 is 14.8 Å². The second-order valence-corrected chi connectivity index (χ2v) is 4.81. The Hall–Kier alpha value is -2.80. The fourth-order valence-electron chi connectivity index (χ4n) is 1.78. The van der Waals surface area contributed by atoms with Gasteiger partial charge in [-0.1, -0.05) is 23.7 Å². The normalized spacial score (nSPS) is 10.0. The molecule has 1 N–H and O–H groups in total. The van der Waals surface area contributed by atoms with Crippen molar-refractivity contribution in [3.05, 3.63) is 57.6 Å². The highest BCUT2D eigenvalue weighted by Crippen LogP contribution is 2.31. The van der Waals surface area contributed by atoms with Gasteiger partial charge in [0, 0.05) is 0 Å². The van der Waals surface area contributed by atoms with E-state index in [0.717, 1.165) is 0 Å². The molecule has 0 aliphatic heterocycles. The smallest absolute Gasteiger partial charge is 0.314 e. The van der Waals surface area contributed by atoms with Crippen LogP contribution in [0, 0.1) is 10.1 Å². The lowest BCUT2D eigenvalue weighted by Crippen LogP contribution is -2.20. The number of nitro benzene ring substituents is 1. The van der Waals surface area contributed by atoms with Crippen molar-refractivity contribution in [3.63, 3.8) is 0 Å². The van der Waals surface area contributed by atoms with Gasteiger partial charge in [-0.3, -0.25) is 14.9 Å². The summed E-state index contributed by atoms with van der Waals surface area (Å²) in [5.74, 6) is -0.183. The molecule has 0 spiro atoms. The Balaban J connectivity index is 2.04. The van der Waals surface area contributed by atoms with Crippen molar-refractivity contribution in [2.24, 2.45) is 0 Å². The summed E-state index contributed by atoms with van der Waals surface area (Å²) in [5, 5.41) is 14.0. The van der Waals surface area contributed by atoms with Crippen molar-refractivity contribution in [2.75, 3.05) is 19.0 Å². The van der Waals surface area contributed by atoms with Crippen LogP contribution in [0.2, 0.25) is 5.02 Å². The maximum atomic E-state index is 11.9. The number of anilines is 1. The first kappa shape index (κ1) is 16.6. The van der Waals surface area contributed by atoms with Crippen LogP contribution in [-0.2, 0) is 4.79 Å². The summed E-state index contributed by atoms with van der Waals surface area (Å²) in [6, 6.07) is 10.8. The van der Waals surface area contributed by atoms with E-state index in [0.29, 0.717) is 16.5 Å². The van der Waals surface area contributed by atoms with Gasteiger partial charge in [-0.2, -0.15) is 0 Å². The molecule has 0 aromatic heterocycles. The van der Waals surface area contributed by atoms with E-state index < -0.39 is 17.4 Å². The molecule has 0 fully saturated rings.